The van der Waals surface area contributed by atoms with Crippen LogP contribution in [-0.4, -0.2) is 30.4 Å². The fraction of sp³-hybridized carbons (Fsp3) is 0.421. The lowest BCUT2D eigenvalue weighted by Gasteiger charge is -2.27. The molecule has 1 aliphatic rings. The van der Waals surface area contributed by atoms with Crippen LogP contribution in [0.3, 0.4) is 0 Å². The summed E-state index contributed by atoms with van der Waals surface area (Å²) >= 11 is 1.65. The largest absolute Gasteiger partial charge is 0.490 e. The first-order valence-electron chi connectivity index (χ1n) is 8.47. The summed E-state index contributed by atoms with van der Waals surface area (Å²) in [6.07, 6.45) is 8.99. The summed E-state index contributed by atoms with van der Waals surface area (Å²) in [6, 6.07) is 11.4. The Kier molecular flexibility index (Phi) is 6.52. The molecule has 4 nitrogen and oxygen atoms in total. The van der Waals surface area contributed by atoms with Gasteiger partial charge in [-0.3, -0.25) is 9.71 Å². The van der Waals surface area contributed by atoms with E-state index in [9.17, 15) is 0 Å². The molecule has 1 saturated heterocycles. The van der Waals surface area contributed by atoms with Crippen molar-refractivity contribution >= 4 is 11.9 Å². The van der Waals surface area contributed by atoms with E-state index >= 15 is 0 Å². The van der Waals surface area contributed by atoms with Crippen molar-refractivity contribution in [3.63, 3.8) is 0 Å². The molecule has 2 N–H and O–H groups in total. The molecule has 0 amide bonds. The van der Waals surface area contributed by atoms with Gasteiger partial charge >= 0.3 is 0 Å². The number of pyridine rings is 1. The Morgan fingerprint density at radius 1 is 1.21 bits per heavy atom. The van der Waals surface area contributed by atoms with Crippen molar-refractivity contribution < 1.29 is 4.74 Å². The molecule has 0 radical (unpaired) electrons. The van der Waals surface area contributed by atoms with Crippen LogP contribution in [0, 0.1) is 0 Å². The van der Waals surface area contributed by atoms with Gasteiger partial charge in [0.15, 0.2) is 0 Å². The van der Waals surface area contributed by atoms with Crippen molar-refractivity contribution in [2.45, 2.75) is 31.8 Å². The zero-order chi connectivity index (χ0) is 16.6. The maximum absolute atomic E-state index is 5.83. The first-order valence-corrected chi connectivity index (χ1v) is 9.70. The predicted octanol–water partition coefficient (Wildman–Crippen LogP) is 2.98. The summed E-state index contributed by atoms with van der Waals surface area (Å²) in [5, 5.41) is 3.34. The highest BCUT2D eigenvalue weighted by molar-refractivity contribution is 7.96. The molecule has 24 heavy (non-hydrogen) atoms. The molecule has 2 aromatic rings. The fourth-order valence-corrected chi connectivity index (χ4v) is 3.02. The first-order chi connectivity index (χ1) is 11.8. The van der Waals surface area contributed by atoms with E-state index in [-0.39, 0.29) is 0 Å². The van der Waals surface area contributed by atoms with Gasteiger partial charge in [-0.1, -0.05) is 36.2 Å². The summed E-state index contributed by atoms with van der Waals surface area (Å²) < 4.78 is 9.12. The minimum atomic E-state index is 0.506. The van der Waals surface area contributed by atoms with Gasteiger partial charge in [0.05, 0.1) is 6.20 Å². The van der Waals surface area contributed by atoms with Crippen LogP contribution < -0.4 is 14.8 Å². The van der Waals surface area contributed by atoms with Gasteiger partial charge < -0.3 is 10.1 Å². The lowest BCUT2D eigenvalue weighted by atomic mass is 10.0. The number of rotatable bonds is 9. The van der Waals surface area contributed by atoms with Gasteiger partial charge in [-0.2, -0.15) is 0 Å². The highest BCUT2D eigenvalue weighted by Gasteiger charge is 2.16. The monoisotopic (exact) mass is 343 g/mol. The zero-order valence-electron chi connectivity index (χ0n) is 14.1. The highest BCUT2D eigenvalue weighted by atomic mass is 32.2. The van der Waals surface area contributed by atoms with Crippen LogP contribution in [0.1, 0.15) is 23.1 Å². The molecule has 128 valence electrons. The highest BCUT2D eigenvalue weighted by Crippen LogP contribution is 2.16. The SMILES string of the molecule is CSNCc1cccc(CCc2cncc(OCC3CCN3)c2)c1. The molecule has 1 aromatic heterocycles. The van der Waals surface area contributed by atoms with Crippen LogP contribution in [0.25, 0.3) is 0 Å². The number of benzene rings is 1. The van der Waals surface area contributed by atoms with Crippen LogP contribution in [0.5, 0.6) is 5.75 Å². The molecule has 0 bridgehead atoms. The number of ether oxygens (including phenoxy) is 1. The summed E-state index contributed by atoms with van der Waals surface area (Å²) in [5.74, 6) is 0.874. The standard InChI is InChI=1S/C19H25N3OS/c1-24-22-12-16-4-2-3-15(9-16)5-6-17-10-19(13-20-11-17)23-14-18-7-8-21-18/h2-4,9-11,13,18,21-22H,5-8,12,14H2,1H3. The van der Waals surface area contributed by atoms with Gasteiger partial charge in [0.1, 0.15) is 12.4 Å². The van der Waals surface area contributed by atoms with Crippen molar-refractivity contribution in [1.29, 1.82) is 0 Å². The minimum absolute atomic E-state index is 0.506. The van der Waals surface area contributed by atoms with Crippen LogP contribution in [0.15, 0.2) is 42.7 Å². The third-order valence-electron chi connectivity index (χ3n) is 4.26. The number of hydrogen-bond donors (Lipinski definition) is 2. The third kappa shape index (κ3) is 5.23. The van der Waals surface area contributed by atoms with E-state index in [1.807, 2.05) is 12.5 Å². The van der Waals surface area contributed by atoms with Crippen molar-refractivity contribution in [1.82, 2.24) is 15.0 Å². The Balaban J connectivity index is 1.52. The van der Waals surface area contributed by atoms with Gasteiger partial charge in [-0.05, 0) is 54.8 Å². The second-order valence-electron chi connectivity index (χ2n) is 6.12. The van der Waals surface area contributed by atoms with Gasteiger partial charge in [0, 0.05) is 18.8 Å². The third-order valence-corrected chi connectivity index (χ3v) is 4.69. The molecule has 0 spiro atoms. The molecular formula is C19H25N3OS. The summed E-state index contributed by atoms with van der Waals surface area (Å²) in [6.45, 7) is 2.74. The van der Waals surface area contributed by atoms with Crippen LogP contribution in [0.2, 0.25) is 0 Å². The van der Waals surface area contributed by atoms with E-state index in [1.54, 1.807) is 18.1 Å². The average molecular weight is 343 g/mol. The molecule has 1 aromatic carbocycles. The first kappa shape index (κ1) is 17.3. The maximum atomic E-state index is 5.83. The molecule has 1 aliphatic heterocycles. The van der Waals surface area contributed by atoms with Crippen LogP contribution in [0.4, 0.5) is 0 Å². The molecular weight excluding hydrogens is 318 g/mol. The Morgan fingerprint density at radius 2 is 2.04 bits per heavy atom. The molecule has 1 atom stereocenters. The Bertz CT molecular complexity index is 646. The summed E-state index contributed by atoms with van der Waals surface area (Å²) in [5.41, 5.74) is 3.91. The lowest BCUT2D eigenvalue weighted by molar-refractivity contribution is 0.217. The zero-order valence-corrected chi connectivity index (χ0v) is 14.9. The molecule has 5 heteroatoms. The summed E-state index contributed by atoms with van der Waals surface area (Å²) in [4.78, 5) is 4.32. The molecule has 0 aliphatic carbocycles. The molecule has 0 saturated carbocycles. The van der Waals surface area contributed by atoms with E-state index in [2.05, 4.69) is 45.4 Å². The molecule has 1 unspecified atom stereocenters. The van der Waals surface area contributed by atoms with Crippen molar-refractivity contribution in [3.8, 4) is 5.75 Å². The molecule has 2 heterocycles. The second kappa shape index (κ2) is 9.06. The minimum Gasteiger partial charge on any atom is -0.490 e. The van der Waals surface area contributed by atoms with Crippen molar-refractivity contribution in [3.05, 3.63) is 59.4 Å². The van der Waals surface area contributed by atoms with Gasteiger partial charge in [0.25, 0.3) is 0 Å². The Labute approximate surface area is 148 Å². The smallest absolute Gasteiger partial charge is 0.137 e. The van der Waals surface area contributed by atoms with E-state index in [0.717, 1.165) is 38.3 Å². The number of aromatic nitrogens is 1. The van der Waals surface area contributed by atoms with Crippen molar-refractivity contribution in [2.24, 2.45) is 0 Å². The number of aryl methyl sites for hydroxylation is 2. The van der Waals surface area contributed by atoms with Crippen LogP contribution >= 0.6 is 11.9 Å². The van der Waals surface area contributed by atoms with Gasteiger partial charge in [0.2, 0.25) is 0 Å². The Morgan fingerprint density at radius 3 is 2.83 bits per heavy atom. The van der Waals surface area contributed by atoms with Crippen molar-refractivity contribution in [2.75, 3.05) is 19.4 Å². The second-order valence-corrected chi connectivity index (χ2v) is 6.82. The molecule has 1 fully saturated rings. The Hall–Kier alpha value is -1.56. The maximum Gasteiger partial charge on any atom is 0.137 e. The van der Waals surface area contributed by atoms with Crippen LogP contribution in [-0.2, 0) is 19.4 Å². The number of nitrogens with one attached hydrogen (secondary N) is 2. The fourth-order valence-electron chi connectivity index (χ4n) is 2.71. The van der Waals surface area contributed by atoms with Gasteiger partial charge in [-0.15, -0.1) is 0 Å². The number of nitrogens with zero attached hydrogens (tertiary/aromatic N) is 1. The molecule has 3 rings (SSSR count). The predicted molar refractivity (Wildman–Crippen MR) is 100 cm³/mol. The topological polar surface area (TPSA) is 46.2 Å². The summed E-state index contributed by atoms with van der Waals surface area (Å²) in [7, 11) is 0. The number of hydrogen-bond acceptors (Lipinski definition) is 5. The quantitative estimate of drug-likeness (QED) is 0.686. The lowest BCUT2D eigenvalue weighted by Crippen LogP contribution is -2.46. The van der Waals surface area contributed by atoms with E-state index in [1.165, 1.54) is 23.1 Å². The average Bonchev–Trinajstić information content (AvgIpc) is 2.58. The van der Waals surface area contributed by atoms with E-state index < -0.39 is 0 Å². The van der Waals surface area contributed by atoms with E-state index in [4.69, 9.17) is 4.74 Å². The van der Waals surface area contributed by atoms with E-state index in [0.29, 0.717) is 6.04 Å². The van der Waals surface area contributed by atoms with Gasteiger partial charge in [-0.25, -0.2) is 0 Å². The normalized spacial score (nSPS) is 16.6.